The Labute approximate surface area is 107 Å². The van der Waals surface area contributed by atoms with E-state index in [1.54, 1.807) is 6.92 Å². The van der Waals surface area contributed by atoms with Crippen LogP contribution in [-0.2, 0) is 0 Å². The van der Waals surface area contributed by atoms with Crippen LogP contribution in [0, 0.1) is 0 Å². The first-order valence-corrected chi connectivity index (χ1v) is 5.55. The fraction of sp³-hybridized carbons (Fsp3) is 0.167. The minimum absolute atomic E-state index is 0.0381. The first-order chi connectivity index (χ1) is 9.06. The molecule has 0 saturated heterocycles. The first-order valence-electron chi connectivity index (χ1n) is 5.55. The summed E-state index contributed by atoms with van der Waals surface area (Å²) in [5, 5.41) is 21.7. The lowest BCUT2D eigenvalue weighted by atomic mass is 10.1. The number of aromatic nitrogens is 2. The predicted molar refractivity (Wildman–Crippen MR) is 66.2 cm³/mol. The molecule has 98 valence electrons. The Morgan fingerprint density at radius 2 is 2.11 bits per heavy atom. The number of nitrogens with zero attached hydrogens (tertiary/aromatic N) is 2. The number of carbonyl (C=O) groups is 2. The summed E-state index contributed by atoms with van der Waals surface area (Å²) in [4.78, 5) is 30.5. The van der Waals surface area contributed by atoms with Gasteiger partial charge in [-0.1, -0.05) is 0 Å². The monoisotopic (exact) mass is 261 g/mol. The van der Waals surface area contributed by atoms with Crippen molar-refractivity contribution in [2.24, 2.45) is 0 Å². The van der Waals surface area contributed by atoms with Crippen LogP contribution in [0.4, 0.5) is 0 Å². The van der Waals surface area contributed by atoms with E-state index < -0.39 is 17.6 Å². The molecular formula is C12H11N3O4. The van der Waals surface area contributed by atoms with Gasteiger partial charge in [0.1, 0.15) is 5.52 Å². The van der Waals surface area contributed by atoms with Crippen molar-refractivity contribution in [3.63, 3.8) is 0 Å². The molecule has 1 amide bonds. The van der Waals surface area contributed by atoms with Gasteiger partial charge in [0.15, 0.2) is 17.1 Å². The zero-order valence-corrected chi connectivity index (χ0v) is 10.0. The molecule has 2 aromatic rings. The second kappa shape index (κ2) is 4.89. The molecule has 0 atom stereocenters. The molecule has 2 heterocycles. The minimum Gasteiger partial charge on any atom is -0.504 e. The van der Waals surface area contributed by atoms with Crippen molar-refractivity contribution in [1.29, 1.82) is 0 Å². The van der Waals surface area contributed by atoms with Gasteiger partial charge in [-0.15, -0.1) is 0 Å². The van der Waals surface area contributed by atoms with Gasteiger partial charge in [0.05, 0.1) is 0 Å². The molecule has 0 aliphatic carbocycles. The molecule has 2 aromatic heterocycles. The summed E-state index contributed by atoms with van der Waals surface area (Å²) in [7, 11) is 0. The molecule has 0 saturated carbocycles. The molecule has 0 radical (unpaired) electrons. The Hall–Kier alpha value is -2.70. The van der Waals surface area contributed by atoms with Gasteiger partial charge in [0.2, 0.25) is 0 Å². The van der Waals surface area contributed by atoms with Crippen LogP contribution in [0.3, 0.4) is 0 Å². The molecule has 0 spiro atoms. The van der Waals surface area contributed by atoms with E-state index in [1.807, 2.05) is 0 Å². The third-order valence-electron chi connectivity index (χ3n) is 2.49. The molecule has 0 aromatic carbocycles. The van der Waals surface area contributed by atoms with Crippen molar-refractivity contribution >= 4 is 22.8 Å². The average Bonchev–Trinajstić information content (AvgIpc) is 2.39. The van der Waals surface area contributed by atoms with E-state index in [0.717, 1.165) is 0 Å². The second-order valence-corrected chi connectivity index (χ2v) is 3.72. The Kier molecular flexibility index (Phi) is 3.28. The number of aromatic carboxylic acids is 1. The lowest BCUT2D eigenvalue weighted by molar-refractivity contribution is 0.0692. The highest BCUT2D eigenvalue weighted by Crippen LogP contribution is 2.27. The van der Waals surface area contributed by atoms with Crippen molar-refractivity contribution in [3.8, 4) is 5.75 Å². The van der Waals surface area contributed by atoms with E-state index in [0.29, 0.717) is 6.54 Å². The Bertz CT molecular complexity index is 669. The van der Waals surface area contributed by atoms with E-state index >= 15 is 0 Å². The molecular weight excluding hydrogens is 250 g/mol. The van der Waals surface area contributed by atoms with Crippen LogP contribution in [0.2, 0.25) is 0 Å². The SMILES string of the molecule is CCNC(=O)c1nc(C(=O)O)c2cccnc2c1O. The third-order valence-corrected chi connectivity index (χ3v) is 2.49. The quantitative estimate of drug-likeness (QED) is 0.752. The van der Waals surface area contributed by atoms with E-state index in [2.05, 4.69) is 15.3 Å². The third kappa shape index (κ3) is 2.17. The summed E-state index contributed by atoms with van der Waals surface area (Å²) in [6.07, 6.45) is 1.40. The van der Waals surface area contributed by atoms with Gasteiger partial charge >= 0.3 is 5.97 Å². The van der Waals surface area contributed by atoms with Gasteiger partial charge in [-0.3, -0.25) is 9.78 Å². The molecule has 0 aliphatic rings. The number of pyridine rings is 2. The Balaban J connectivity index is 2.76. The van der Waals surface area contributed by atoms with E-state index in [9.17, 15) is 14.7 Å². The smallest absolute Gasteiger partial charge is 0.355 e. The highest BCUT2D eigenvalue weighted by atomic mass is 16.4. The minimum atomic E-state index is -1.29. The number of amides is 1. The molecule has 0 aliphatic heterocycles. The molecule has 19 heavy (non-hydrogen) atoms. The Morgan fingerprint density at radius 1 is 1.37 bits per heavy atom. The maximum Gasteiger partial charge on any atom is 0.355 e. The fourth-order valence-electron chi connectivity index (χ4n) is 1.69. The van der Waals surface area contributed by atoms with Crippen molar-refractivity contribution in [1.82, 2.24) is 15.3 Å². The number of nitrogens with one attached hydrogen (secondary N) is 1. The number of fused-ring (bicyclic) bond motifs is 1. The maximum absolute atomic E-state index is 11.7. The van der Waals surface area contributed by atoms with Gasteiger partial charge < -0.3 is 15.5 Å². The molecule has 0 fully saturated rings. The maximum atomic E-state index is 11.7. The lowest BCUT2D eigenvalue weighted by Crippen LogP contribution is -2.24. The average molecular weight is 261 g/mol. The number of carboxylic acid groups (broad SMARTS) is 1. The van der Waals surface area contributed by atoms with E-state index in [-0.39, 0.29) is 22.3 Å². The van der Waals surface area contributed by atoms with Crippen LogP contribution in [0.15, 0.2) is 18.3 Å². The summed E-state index contributed by atoms with van der Waals surface area (Å²) in [5.41, 5.74) is -0.622. The number of hydrogen-bond acceptors (Lipinski definition) is 5. The van der Waals surface area contributed by atoms with E-state index in [4.69, 9.17) is 5.11 Å². The van der Waals surface area contributed by atoms with Crippen LogP contribution < -0.4 is 5.32 Å². The van der Waals surface area contributed by atoms with Crippen LogP contribution >= 0.6 is 0 Å². The lowest BCUT2D eigenvalue weighted by Gasteiger charge is -2.08. The number of hydrogen-bond donors (Lipinski definition) is 3. The molecule has 2 rings (SSSR count). The summed E-state index contributed by atoms with van der Waals surface area (Å²) in [5.74, 6) is -2.36. The molecule has 7 nitrogen and oxygen atoms in total. The van der Waals surface area contributed by atoms with Crippen LogP contribution in [0.5, 0.6) is 5.75 Å². The summed E-state index contributed by atoms with van der Waals surface area (Å²) < 4.78 is 0. The standard InChI is InChI=1S/C12H11N3O4/c1-2-13-11(17)9-10(16)7-6(4-3-5-14-7)8(15-9)12(18)19/h3-5,16H,2H2,1H3,(H,13,17)(H,18,19). The number of carboxylic acids is 1. The summed E-state index contributed by atoms with van der Waals surface area (Å²) in [6, 6.07) is 3.00. The molecule has 0 unspecified atom stereocenters. The van der Waals surface area contributed by atoms with E-state index in [1.165, 1.54) is 18.3 Å². The van der Waals surface area contributed by atoms with Crippen LogP contribution in [0.25, 0.3) is 10.9 Å². The van der Waals surface area contributed by atoms with Gasteiger partial charge in [0, 0.05) is 18.1 Å². The van der Waals surface area contributed by atoms with Gasteiger partial charge in [0.25, 0.3) is 5.91 Å². The van der Waals surface area contributed by atoms with Crippen LogP contribution in [-0.4, -0.2) is 38.6 Å². The topological polar surface area (TPSA) is 112 Å². The van der Waals surface area contributed by atoms with Crippen molar-refractivity contribution in [3.05, 3.63) is 29.7 Å². The zero-order chi connectivity index (χ0) is 14.0. The fourth-order valence-corrected chi connectivity index (χ4v) is 1.69. The Morgan fingerprint density at radius 3 is 2.74 bits per heavy atom. The second-order valence-electron chi connectivity index (χ2n) is 3.72. The van der Waals surface area contributed by atoms with Crippen molar-refractivity contribution < 1.29 is 19.8 Å². The van der Waals surface area contributed by atoms with Gasteiger partial charge in [-0.05, 0) is 19.1 Å². The summed E-state index contributed by atoms with van der Waals surface area (Å²) in [6.45, 7) is 2.04. The highest BCUT2D eigenvalue weighted by molar-refractivity contribution is 6.07. The number of rotatable bonds is 3. The van der Waals surface area contributed by atoms with Crippen molar-refractivity contribution in [2.75, 3.05) is 6.54 Å². The normalized spacial score (nSPS) is 10.4. The first kappa shape index (κ1) is 12.7. The zero-order valence-electron chi connectivity index (χ0n) is 10.0. The highest BCUT2D eigenvalue weighted by Gasteiger charge is 2.22. The predicted octanol–water partition coefficient (Wildman–Crippen LogP) is 0.783. The van der Waals surface area contributed by atoms with Crippen molar-refractivity contribution in [2.45, 2.75) is 6.92 Å². The van der Waals surface area contributed by atoms with Crippen LogP contribution in [0.1, 0.15) is 27.9 Å². The molecule has 7 heteroatoms. The van der Waals surface area contributed by atoms with Gasteiger partial charge in [-0.25, -0.2) is 9.78 Å². The van der Waals surface area contributed by atoms with Gasteiger partial charge in [-0.2, -0.15) is 0 Å². The number of carbonyl (C=O) groups excluding carboxylic acids is 1. The molecule has 0 bridgehead atoms. The largest absolute Gasteiger partial charge is 0.504 e. The molecule has 3 N–H and O–H groups in total. The number of aromatic hydroxyl groups is 1. The summed E-state index contributed by atoms with van der Waals surface area (Å²) >= 11 is 0.